The van der Waals surface area contributed by atoms with E-state index < -0.39 is 10.0 Å². The molecule has 7 nitrogen and oxygen atoms in total. The smallest absolute Gasteiger partial charge is 0.250 e. The maximum Gasteiger partial charge on any atom is 0.250 e. The highest BCUT2D eigenvalue weighted by Gasteiger charge is 2.13. The zero-order valence-electron chi connectivity index (χ0n) is 14.3. The number of nitrogens with zero attached hydrogens (tertiary/aromatic N) is 2. The molecule has 2 aromatic rings. The average Bonchev–Trinajstić information content (AvgIpc) is 3.23. The van der Waals surface area contributed by atoms with Crippen molar-refractivity contribution in [1.29, 1.82) is 0 Å². The molecule has 0 spiro atoms. The van der Waals surface area contributed by atoms with Crippen LogP contribution in [0.15, 0.2) is 32.9 Å². The zero-order chi connectivity index (χ0) is 18.1. The van der Waals surface area contributed by atoms with Crippen molar-refractivity contribution in [2.75, 3.05) is 26.2 Å². The number of rotatable bonds is 9. The Kier molecular flexibility index (Phi) is 7.82. The summed E-state index contributed by atoms with van der Waals surface area (Å²) in [5.74, 6) is 0.672. The summed E-state index contributed by atoms with van der Waals surface area (Å²) in [6.07, 6.45) is 2.70. The van der Waals surface area contributed by atoms with Crippen LogP contribution in [-0.4, -0.2) is 45.5 Å². The number of thiazole rings is 1. The Hall–Kier alpha value is -1.49. The molecule has 0 aliphatic heterocycles. The molecule has 10 heteroatoms. The van der Waals surface area contributed by atoms with Gasteiger partial charge in [-0.05, 0) is 25.3 Å². The first kappa shape index (κ1) is 19.8. The fourth-order valence-electron chi connectivity index (χ4n) is 1.98. The number of hydrogen-bond acceptors (Lipinski definition) is 6. The number of thiophene rings is 1. The zero-order valence-corrected chi connectivity index (χ0v) is 16.7. The average molecular weight is 402 g/mol. The maximum absolute atomic E-state index is 12.0. The highest BCUT2D eigenvalue weighted by molar-refractivity contribution is 7.91. The lowest BCUT2D eigenvalue weighted by Gasteiger charge is -2.10. The molecule has 0 aliphatic rings. The summed E-state index contributed by atoms with van der Waals surface area (Å²) in [5, 5.41) is 9.21. The van der Waals surface area contributed by atoms with Crippen LogP contribution in [0.25, 0.3) is 0 Å². The standard InChI is InChI=1S/C15H23N5O2S3/c1-3-16-15(17-7-6-13-19-11-12(2)24-13)18-8-9-20-25(21,22)14-5-4-10-23-14/h4-5,10-11,20H,3,6-9H2,1-2H3,(H2,16,17,18). The molecule has 0 amide bonds. The molecule has 3 N–H and O–H groups in total. The number of aryl methyl sites for hydroxylation is 1. The molecule has 2 aromatic heterocycles. The molecule has 0 aliphatic carbocycles. The fraction of sp³-hybridized carbons (Fsp3) is 0.467. The topological polar surface area (TPSA) is 95.5 Å². The van der Waals surface area contributed by atoms with E-state index in [2.05, 4.69) is 25.3 Å². The monoisotopic (exact) mass is 401 g/mol. The minimum atomic E-state index is -3.43. The second-order valence-corrected chi connectivity index (χ2v) is 9.39. The van der Waals surface area contributed by atoms with Gasteiger partial charge in [0, 0.05) is 37.1 Å². The van der Waals surface area contributed by atoms with E-state index >= 15 is 0 Å². The highest BCUT2D eigenvalue weighted by atomic mass is 32.2. The van der Waals surface area contributed by atoms with Gasteiger partial charge in [-0.1, -0.05) is 6.07 Å². The second kappa shape index (κ2) is 9.85. The van der Waals surface area contributed by atoms with Crippen LogP contribution in [0, 0.1) is 6.92 Å². The molecule has 0 radical (unpaired) electrons. The van der Waals surface area contributed by atoms with Crippen LogP contribution in [0.4, 0.5) is 0 Å². The number of sulfonamides is 1. The molecule has 0 saturated heterocycles. The predicted octanol–water partition coefficient (Wildman–Crippen LogP) is 1.59. The first-order chi connectivity index (χ1) is 12.0. The second-order valence-electron chi connectivity index (χ2n) is 5.13. The van der Waals surface area contributed by atoms with Crippen molar-refractivity contribution in [3.63, 3.8) is 0 Å². The van der Waals surface area contributed by atoms with Crippen molar-refractivity contribution in [2.24, 2.45) is 4.99 Å². The van der Waals surface area contributed by atoms with Gasteiger partial charge in [-0.25, -0.2) is 18.1 Å². The van der Waals surface area contributed by atoms with Gasteiger partial charge >= 0.3 is 0 Å². The number of nitrogens with one attached hydrogen (secondary N) is 3. The van der Waals surface area contributed by atoms with Crippen molar-refractivity contribution in [3.8, 4) is 0 Å². The minimum Gasteiger partial charge on any atom is -0.357 e. The van der Waals surface area contributed by atoms with E-state index in [4.69, 9.17) is 0 Å². The summed E-state index contributed by atoms with van der Waals surface area (Å²) >= 11 is 2.89. The van der Waals surface area contributed by atoms with E-state index in [9.17, 15) is 8.42 Å². The Morgan fingerprint density at radius 2 is 2.16 bits per heavy atom. The summed E-state index contributed by atoms with van der Waals surface area (Å²) < 4.78 is 26.9. The van der Waals surface area contributed by atoms with E-state index in [1.165, 1.54) is 16.2 Å². The number of aromatic nitrogens is 1. The van der Waals surface area contributed by atoms with E-state index in [0.717, 1.165) is 24.5 Å². The van der Waals surface area contributed by atoms with Gasteiger partial charge in [0.2, 0.25) is 10.0 Å². The van der Waals surface area contributed by atoms with Crippen LogP contribution < -0.4 is 15.4 Å². The van der Waals surface area contributed by atoms with Crippen LogP contribution in [0.3, 0.4) is 0 Å². The molecule has 2 rings (SSSR count). The van der Waals surface area contributed by atoms with E-state index in [0.29, 0.717) is 16.7 Å². The van der Waals surface area contributed by atoms with Gasteiger partial charge in [-0.15, -0.1) is 22.7 Å². The molecule has 0 fully saturated rings. The van der Waals surface area contributed by atoms with Gasteiger partial charge in [-0.3, -0.25) is 4.99 Å². The van der Waals surface area contributed by atoms with Gasteiger partial charge < -0.3 is 10.6 Å². The summed E-state index contributed by atoms with van der Waals surface area (Å²) in [6, 6.07) is 3.30. The number of guanidine groups is 1. The van der Waals surface area contributed by atoms with Crippen LogP contribution in [0.2, 0.25) is 0 Å². The first-order valence-corrected chi connectivity index (χ1v) is 11.2. The Balaban J connectivity index is 1.76. The lowest BCUT2D eigenvalue weighted by Crippen LogP contribution is -2.39. The summed E-state index contributed by atoms with van der Waals surface area (Å²) in [6.45, 7) is 6.10. The van der Waals surface area contributed by atoms with Gasteiger partial charge in [0.25, 0.3) is 0 Å². The molecular formula is C15H23N5O2S3. The Bertz CT molecular complexity index is 769. The Morgan fingerprint density at radius 1 is 1.32 bits per heavy atom. The highest BCUT2D eigenvalue weighted by Crippen LogP contribution is 2.14. The first-order valence-electron chi connectivity index (χ1n) is 7.98. The quantitative estimate of drug-likeness (QED) is 0.337. The molecule has 2 heterocycles. The Morgan fingerprint density at radius 3 is 2.80 bits per heavy atom. The Labute approximate surface area is 156 Å². The summed E-state index contributed by atoms with van der Waals surface area (Å²) in [4.78, 5) is 9.92. The molecule has 0 atom stereocenters. The SMILES string of the molecule is CCNC(=NCCNS(=O)(=O)c1cccs1)NCCc1ncc(C)s1. The van der Waals surface area contributed by atoms with Gasteiger partial charge in [0.05, 0.1) is 11.6 Å². The van der Waals surface area contributed by atoms with Crippen molar-refractivity contribution in [1.82, 2.24) is 20.3 Å². The van der Waals surface area contributed by atoms with E-state index in [1.807, 2.05) is 20.0 Å². The normalized spacial score (nSPS) is 12.3. The fourth-order valence-corrected chi connectivity index (χ4v) is 4.83. The lowest BCUT2D eigenvalue weighted by molar-refractivity contribution is 0.584. The van der Waals surface area contributed by atoms with Gasteiger partial charge in [-0.2, -0.15) is 0 Å². The maximum atomic E-state index is 12.0. The van der Waals surface area contributed by atoms with E-state index in [1.54, 1.807) is 28.8 Å². The van der Waals surface area contributed by atoms with Crippen molar-refractivity contribution >= 4 is 38.7 Å². The molecule has 25 heavy (non-hydrogen) atoms. The predicted molar refractivity (Wildman–Crippen MR) is 104 cm³/mol. The molecule has 138 valence electrons. The summed E-state index contributed by atoms with van der Waals surface area (Å²) in [5.41, 5.74) is 0. The van der Waals surface area contributed by atoms with Crippen molar-refractivity contribution < 1.29 is 8.42 Å². The summed E-state index contributed by atoms with van der Waals surface area (Å²) in [7, 11) is -3.43. The lowest BCUT2D eigenvalue weighted by atomic mass is 10.4. The van der Waals surface area contributed by atoms with Crippen LogP contribution >= 0.6 is 22.7 Å². The van der Waals surface area contributed by atoms with Gasteiger partial charge in [0.1, 0.15) is 4.21 Å². The molecule has 0 aromatic carbocycles. The largest absolute Gasteiger partial charge is 0.357 e. The third-order valence-corrected chi connectivity index (χ3v) is 6.91. The van der Waals surface area contributed by atoms with Crippen molar-refractivity contribution in [2.45, 2.75) is 24.5 Å². The number of aliphatic imine (C=N–C) groups is 1. The van der Waals surface area contributed by atoms with Crippen LogP contribution in [0.1, 0.15) is 16.8 Å². The molecule has 0 saturated carbocycles. The van der Waals surface area contributed by atoms with Crippen LogP contribution in [0.5, 0.6) is 0 Å². The van der Waals surface area contributed by atoms with E-state index in [-0.39, 0.29) is 6.54 Å². The third kappa shape index (κ3) is 6.73. The van der Waals surface area contributed by atoms with Crippen LogP contribution in [-0.2, 0) is 16.4 Å². The molecule has 0 bridgehead atoms. The molecule has 0 unspecified atom stereocenters. The van der Waals surface area contributed by atoms with Crippen molar-refractivity contribution in [3.05, 3.63) is 33.6 Å². The third-order valence-electron chi connectivity index (χ3n) is 3.08. The molecular weight excluding hydrogens is 378 g/mol. The van der Waals surface area contributed by atoms with Gasteiger partial charge in [0.15, 0.2) is 5.96 Å². The minimum absolute atomic E-state index is 0.252. The number of hydrogen-bond donors (Lipinski definition) is 3.